The molecule has 33 heavy (non-hydrogen) atoms. The molecule has 0 spiro atoms. The molecule has 0 saturated carbocycles. The van der Waals surface area contributed by atoms with Crippen LogP contribution < -0.4 is 20.1 Å². The van der Waals surface area contributed by atoms with Crippen molar-refractivity contribution in [3.05, 3.63) is 77.5 Å². The van der Waals surface area contributed by atoms with Crippen molar-refractivity contribution in [1.82, 2.24) is 0 Å². The normalized spacial score (nSPS) is 11.5. The summed E-state index contributed by atoms with van der Waals surface area (Å²) in [5.41, 5.74) is 3.45. The summed E-state index contributed by atoms with van der Waals surface area (Å²) in [4.78, 5) is 16.3. The van der Waals surface area contributed by atoms with E-state index in [1.165, 1.54) is 6.92 Å². The average Bonchev–Trinajstić information content (AvgIpc) is 2.99. The number of hydrogen-bond acceptors (Lipinski definition) is 5. The number of methoxy groups -OCH3 is 2. The van der Waals surface area contributed by atoms with Gasteiger partial charge in [0.25, 0.3) is 0 Å². The Labute approximate surface area is 192 Å². The lowest BCUT2D eigenvalue weighted by molar-refractivity contribution is -0.114. The summed E-state index contributed by atoms with van der Waals surface area (Å²) in [6.45, 7) is 5.34. The monoisotopic (exact) mass is 442 g/mol. The number of amides is 1. The molecule has 0 saturated heterocycles. The van der Waals surface area contributed by atoms with Crippen molar-refractivity contribution in [3.8, 4) is 22.6 Å². The van der Waals surface area contributed by atoms with Crippen LogP contribution in [-0.2, 0) is 4.79 Å². The molecule has 1 N–H and O–H groups in total. The standard InChI is InChI=1S/C27H26N2O4/c1-16-26-24(29-22-10-8-21(9-11-22)28-18(3)30)14-20(19-6-12-23(31-4)13-7-19)15-25(32-5)27(26)17(2)33-16/h6-15H,1-5H3,(H,28,30). The van der Waals surface area contributed by atoms with Crippen LogP contribution in [0, 0.1) is 13.8 Å². The first-order valence-corrected chi connectivity index (χ1v) is 10.6. The van der Waals surface area contributed by atoms with Gasteiger partial charge in [-0.3, -0.25) is 4.79 Å². The molecule has 0 fully saturated rings. The number of carbonyl (C=O) groups is 1. The van der Waals surface area contributed by atoms with Gasteiger partial charge in [0, 0.05) is 12.6 Å². The number of nitrogens with one attached hydrogen (secondary N) is 1. The van der Waals surface area contributed by atoms with E-state index in [4.69, 9.17) is 18.9 Å². The Bertz CT molecular complexity index is 1390. The van der Waals surface area contributed by atoms with E-state index in [1.54, 1.807) is 14.2 Å². The van der Waals surface area contributed by atoms with Crippen LogP contribution >= 0.6 is 0 Å². The van der Waals surface area contributed by atoms with Crippen molar-refractivity contribution in [2.75, 3.05) is 19.5 Å². The van der Waals surface area contributed by atoms with E-state index < -0.39 is 0 Å². The lowest BCUT2D eigenvalue weighted by atomic mass is 10.1. The van der Waals surface area contributed by atoms with Crippen molar-refractivity contribution >= 4 is 28.1 Å². The number of furan rings is 1. The van der Waals surface area contributed by atoms with Crippen LogP contribution in [0.3, 0.4) is 0 Å². The van der Waals surface area contributed by atoms with Gasteiger partial charge in [-0.15, -0.1) is 0 Å². The third kappa shape index (κ3) is 4.60. The minimum absolute atomic E-state index is 0.114. The summed E-state index contributed by atoms with van der Waals surface area (Å²) >= 11 is 0. The maximum atomic E-state index is 11.3. The number of rotatable bonds is 5. The summed E-state index contributed by atoms with van der Waals surface area (Å²) in [5, 5.41) is 5.33. The molecule has 1 amide bonds. The van der Waals surface area contributed by atoms with Crippen LogP contribution in [-0.4, -0.2) is 20.1 Å². The highest BCUT2D eigenvalue weighted by atomic mass is 16.5. The minimum atomic E-state index is -0.114. The van der Waals surface area contributed by atoms with Gasteiger partial charge in [0.15, 0.2) is 0 Å². The zero-order valence-electron chi connectivity index (χ0n) is 19.4. The number of anilines is 1. The van der Waals surface area contributed by atoms with Crippen molar-refractivity contribution in [3.63, 3.8) is 0 Å². The Morgan fingerprint density at radius 1 is 0.848 bits per heavy atom. The van der Waals surface area contributed by atoms with E-state index in [0.717, 1.165) is 55.9 Å². The second-order valence-electron chi connectivity index (χ2n) is 7.73. The van der Waals surface area contributed by atoms with E-state index in [9.17, 15) is 4.79 Å². The lowest BCUT2D eigenvalue weighted by Gasteiger charge is -2.04. The highest BCUT2D eigenvalue weighted by Crippen LogP contribution is 2.34. The van der Waals surface area contributed by atoms with Gasteiger partial charge in [0.2, 0.25) is 5.91 Å². The van der Waals surface area contributed by atoms with Gasteiger partial charge in [0.1, 0.15) is 23.0 Å². The second kappa shape index (κ2) is 9.20. The fraction of sp³-hybridized carbons (Fsp3) is 0.185. The molecular weight excluding hydrogens is 416 g/mol. The summed E-state index contributed by atoms with van der Waals surface area (Å²) in [6.07, 6.45) is 0. The summed E-state index contributed by atoms with van der Waals surface area (Å²) < 4.78 is 17.0. The molecule has 0 aliphatic heterocycles. The Kier molecular flexibility index (Phi) is 6.18. The van der Waals surface area contributed by atoms with E-state index in [-0.39, 0.29) is 5.91 Å². The minimum Gasteiger partial charge on any atom is -0.497 e. The van der Waals surface area contributed by atoms with Gasteiger partial charge in [-0.1, -0.05) is 12.1 Å². The highest BCUT2D eigenvalue weighted by Gasteiger charge is 2.15. The number of benzene rings is 2. The summed E-state index contributed by atoms with van der Waals surface area (Å²) in [6, 6.07) is 19.3. The first-order chi connectivity index (χ1) is 15.9. The number of ether oxygens (including phenoxy) is 2. The Balaban J connectivity index is 1.98. The molecule has 0 aliphatic carbocycles. The summed E-state index contributed by atoms with van der Waals surface area (Å²) in [7, 11) is 3.31. The van der Waals surface area contributed by atoms with Crippen LogP contribution in [0.5, 0.6) is 11.5 Å². The van der Waals surface area contributed by atoms with E-state index in [1.807, 2.05) is 74.5 Å². The third-order valence-corrected chi connectivity index (χ3v) is 5.42. The molecule has 1 heterocycles. The third-order valence-electron chi connectivity index (χ3n) is 5.42. The van der Waals surface area contributed by atoms with Gasteiger partial charge in [-0.05, 0) is 73.5 Å². The van der Waals surface area contributed by atoms with Crippen LogP contribution in [0.1, 0.15) is 18.4 Å². The molecule has 0 atom stereocenters. The Morgan fingerprint density at radius 2 is 1.52 bits per heavy atom. The van der Waals surface area contributed by atoms with Crippen LogP contribution in [0.25, 0.3) is 21.9 Å². The molecule has 6 nitrogen and oxygen atoms in total. The topological polar surface area (TPSA) is 73.1 Å². The average molecular weight is 443 g/mol. The van der Waals surface area contributed by atoms with E-state index in [0.29, 0.717) is 5.75 Å². The molecule has 0 aliphatic rings. The maximum Gasteiger partial charge on any atom is 0.221 e. The number of nitrogens with zero attached hydrogens (tertiary/aromatic N) is 1. The Morgan fingerprint density at radius 3 is 2.12 bits per heavy atom. The number of fused-ring (bicyclic) bond motifs is 1. The first-order valence-electron chi connectivity index (χ1n) is 10.6. The number of aryl methyl sites for hydroxylation is 2. The molecule has 0 bridgehead atoms. The molecule has 0 radical (unpaired) electrons. The molecule has 4 aromatic rings. The predicted molar refractivity (Wildman–Crippen MR) is 130 cm³/mol. The van der Waals surface area contributed by atoms with Gasteiger partial charge in [-0.2, -0.15) is 0 Å². The van der Waals surface area contributed by atoms with Crippen molar-refractivity contribution in [2.24, 2.45) is 4.99 Å². The van der Waals surface area contributed by atoms with Gasteiger partial charge < -0.3 is 19.2 Å². The van der Waals surface area contributed by atoms with Crippen LogP contribution in [0.15, 0.2) is 70.1 Å². The number of carbonyl (C=O) groups excluding carboxylic acids is 1. The smallest absolute Gasteiger partial charge is 0.221 e. The molecular formula is C27H26N2O4. The van der Waals surface area contributed by atoms with Gasteiger partial charge in [-0.25, -0.2) is 4.99 Å². The first kappa shape index (κ1) is 22.1. The molecule has 6 heteroatoms. The predicted octanol–water partition coefficient (Wildman–Crippen LogP) is 5.92. The molecule has 168 valence electrons. The quantitative estimate of drug-likeness (QED) is 0.416. The van der Waals surface area contributed by atoms with Crippen molar-refractivity contribution in [2.45, 2.75) is 20.8 Å². The largest absolute Gasteiger partial charge is 0.497 e. The zero-order chi connectivity index (χ0) is 23.5. The lowest BCUT2D eigenvalue weighted by Crippen LogP contribution is -2.05. The van der Waals surface area contributed by atoms with Gasteiger partial charge in [0.05, 0.1) is 36.0 Å². The van der Waals surface area contributed by atoms with Crippen molar-refractivity contribution < 1.29 is 18.7 Å². The van der Waals surface area contributed by atoms with E-state index in [2.05, 4.69) is 5.32 Å². The van der Waals surface area contributed by atoms with Crippen LogP contribution in [0.2, 0.25) is 0 Å². The van der Waals surface area contributed by atoms with Crippen LogP contribution in [0.4, 0.5) is 11.4 Å². The van der Waals surface area contributed by atoms with Crippen molar-refractivity contribution in [1.29, 1.82) is 0 Å². The maximum absolute atomic E-state index is 11.3. The van der Waals surface area contributed by atoms with E-state index >= 15 is 0 Å². The Hall–Kier alpha value is -4.06. The SMILES string of the molecule is COc1ccc(-c2cc(OC)c3c(C)oc(C)c3c(=Nc3ccc(NC(C)=O)cc3)c2)cc1. The zero-order valence-corrected chi connectivity index (χ0v) is 19.4. The molecule has 4 rings (SSSR count). The second-order valence-corrected chi connectivity index (χ2v) is 7.73. The number of hydrogen-bond donors (Lipinski definition) is 1. The summed E-state index contributed by atoms with van der Waals surface area (Å²) in [5.74, 6) is 2.93. The highest BCUT2D eigenvalue weighted by molar-refractivity contribution is 5.93. The fourth-order valence-electron chi connectivity index (χ4n) is 3.92. The molecule has 0 unspecified atom stereocenters. The molecule has 1 aromatic heterocycles. The van der Waals surface area contributed by atoms with Gasteiger partial charge >= 0.3 is 0 Å². The molecule has 3 aromatic carbocycles. The fourth-order valence-corrected chi connectivity index (χ4v) is 3.92.